The second-order valence-electron chi connectivity index (χ2n) is 13.5. The fraction of sp³-hybridized carbons (Fsp3) is 0.310. The molecule has 0 bridgehead atoms. The van der Waals surface area contributed by atoms with Gasteiger partial charge in [-0.2, -0.15) is 0 Å². The van der Waals surface area contributed by atoms with E-state index in [1.807, 2.05) is 72.8 Å². The predicted molar refractivity (Wildman–Crippen MR) is 208 cm³/mol. The number of primary amides is 1. The minimum Gasteiger partial charge on any atom is -0.445 e. The predicted octanol–water partition coefficient (Wildman–Crippen LogP) is 2.86. The van der Waals surface area contributed by atoms with Gasteiger partial charge in [-0.25, -0.2) is 4.79 Å². The standard InChI is InChI=1S/C42H50N6O7/c1-28(2)36(40(52)45-26-31-19-11-5-12-20-31)48-41(53)37(44-25-30-17-9-4-10-18-30)38(50)33(23-29-15-7-3-8-16-29)46-39(51)34(24-35(43)49)47-42(54)55-27-32-21-13-6-14-22-32/h3-22,28,33-34,36-38,44,50H,23-27H2,1-2H3,(H2,43,49)(H,45,52)(H,46,51)(H,47,54)(H,48,53)/t33-,34?,36-,37+,38+/m0/s1. The van der Waals surface area contributed by atoms with E-state index in [0.717, 1.165) is 16.7 Å². The molecular weight excluding hydrogens is 700 g/mol. The molecular formula is C42H50N6O7. The van der Waals surface area contributed by atoms with Crippen molar-refractivity contribution in [2.24, 2.45) is 11.7 Å². The van der Waals surface area contributed by atoms with E-state index in [9.17, 15) is 29.1 Å². The van der Waals surface area contributed by atoms with Crippen molar-refractivity contribution < 1.29 is 33.8 Å². The highest BCUT2D eigenvalue weighted by Crippen LogP contribution is 2.14. The molecule has 0 radical (unpaired) electrons. The van der Waals surface area contributed by atoms with Crippen molar-refractivity contribution >= 4 is 29.7 Å². The molecule has 0 aliphatic heterocycles. The van der Waals surface area contributed by atoms with E-state index in [0.29, 0.717) is 5.56 Å². The number of aliphatic hydroxyl groups excluding tert-OH is 1. The fourth-order valence-corrected chi connectivity index (χ4v) is 5.82. The number of nitrogens with two attached hydrogens (primary N) is 1. The lowest BCUT2D eigenvalue weighted by Crippen LogP contribution is -2.63. The first-order chi connectivity index (χ1) is 26.5. The van der Waals surface area contributed by atoms with Gasteiger partial charge in [0, 0.05) is 13.1 Å². The van der Waals surface area contributed by atoms with Crippen molar-refractivity contribution in [3.63, 3.8) is 0 Å². The van der Waals surface area contributed by atoms with Gasteiger partial charge in [0.1, 0.15) is 24.7 Å². The number of carbonyl (C=O) groups excluding carboxylic acids is 5. The van der Waals surface area contributed by atoms with E-state index in [-0.39, 0.29) is 32.0 Å². The molecule has 290 valence electrons. The molecule has 0 saturated heterocycles. The van der Waals surface area contributed by atoms with Crippen LogP contribution in [0.4, 0.5) is 4.79 Å². The summed E-state index contributed by atoms with van der Waals surface area (Å²) in [4.78, 5) is 66.3. The Morgan fingerprint density at radius 3 is 1.65 bits per heavy atom. The van der Waals surface area contributed by atoms with E-state index >= 15 is 0 Å². The minimum atomic E-state index is -1.59. The van der Waals surface area contributed by atoms with Crippen LogP contribution in [-0.4, -0.2) is 65.1 Å². The van der Waals surface area contributed by atoms with Gasteiger partial charge >= 0.3 is 6.09 Å². The Labute approximate surface area is 321 Å². The molecule has 5 atom stereocenters. The average Bonchev–Trinajstić information content (AvgIpc) is 3.19. The molecule has 0 aliphatic rings. The van der Waals surface area contributed by atoms with Crippen LogP contribution in [0.3, 0.4) is 0 Å². The Kier molecular flexibility index (Phi) is 16.4. The molecule has 13 heteroatoms. The van der Waals surface area contributed by atoms with Crippen molar-refractivity contribution in [1.82, 2.24) is 26.6 Å². The third-order valence-electron chi connectivity index (χ3n) is 8.81. The van der Waals surface area contributed by atoms with Crippen LogP contribution in [0.2, 0.25) is 0 Å². The quantitative estimate of drug-likeness (QED) is 0.0715. The Morgan fingerprint density at radius 2 is 1.13 bits per heavy atom. The maximum absolute atomic E-state index is 14.2. The van der Waals surface area contributed by atoms with E-state index in [4.69, 9.17) is 10.5 Å². The minimum absolute atomic E-state index is 0.0530. The number of benzene rings is 4. The molecule has 4 aromatic carbocycles. The summed E-state index contributed by atoms with van der Waals surface area (Å²) in [6, 6.07) is 31.5. The highest BCUT2D eigenvalue weighted by atomic mass is 16.5. The number of hydrogen-bond donors (Lipinski definition) is 7. The van der Waals surface area contributed by atoms with Gasteiger partial charge in [-0.3, -0.25) is 24.5 Å². The smallest absolute Gasteiger partial charge is 0.408 e. The van der Waals surface area contributed by atoms with Gasteiger partial charge in [0.05, 0.1) is 18.6 Å². The number of amides is 5. The van der Waals surface area contributed by atoms with Crippen LogP contribution in [0.25, 0.3) is 0 Å². The van der Waals surface area contributed by atoms with Crippen LogP contribution in [0.1, 0.15) is 42.5 Å². The van der Waals surface area contributed by atoms with Gasteiger partial charge in [0.15, 0.2) is 0 Å². The summed E-state index contributed by atoms with van der Waals surface area (Å²) in [6.45, 7) is 3.92. The van der Waals surface area contributed by atoms with E-state index in [1.165, 1.54) is 0 Å². The number of ether oxygens (including phenoxy) is 1. The number of hydrogen-bond acceptors (Lipinski definition) is 8. The summed E-state index contributed by atoms with van der Waals surface area (Å²) in [6.07, 6.45) is -3.06. The molecule has 0 saturated carbocycles. The first-order valence-corrected chi connectivity index (χ1v) is 18.2. The molecule has 0 heterocycles. The molecule has 4 aromatic rings. The lowest BCUT2D eigenvalue weighted by Gasteiger charge is -2.33. The third-order valence-corrected chi connectivity index (χ3v) is 8.81. The van der Waals surface area contributed by atoms with Crippen molar-refractivity contribution in [2.45, 2.75) is 76.7 Å². The first kappa shape index (κ1) is 41.7. The number of rotatable bonds is 20. The van der Waals surface area contributed by atoms with Gasteiger partial charge in [-0.05, 0) is 34.6 Å². The maximum Gasteiger partial charge on any atom is 0.408 e. The summed E-state index contributed by atoms with van der Waals surface area (Å²) in [5.74, 6) is -3.11. The summed E-state index contributed by atoms with van der Waals surface area (Å²) in [5.41, 5.74) is 8.59. The molecule has 5 amide bonds. The zero-order chi connectivity index (χ0) is 39.6. The fourth-order valence-electron chi connectivity index (χ4n) is 5.82. The van der Waals surface area contributed by atoms with Crippen LogP contribution in [0.5, 0.6) is 0 Å². The number of carbonyl (C=O) groups is 5. The molecule has 4 rings (SSSR count). The van der Waals surface area contributed by atoms with Gasteiger partial charge in [0.25, 0.3) is 0 Å². The zero-order valence-corrected chi connectivity index (χ0v) is 31.0. The van der Waals surface area contributed by atoms with E-state index < -0.39 is 66.4 Å². The van der Waals surface area contributed by atoms with Crippen LogP contribution in [0.15, 0.2) is 121 Å². The second kappa shape index (κ2) is 21.6. The molecule has 1 unspecified atom stereocenters. The summed E-state index contributed by atoms with van der Waals surface area (Å²) >= 11 is 0. The van der Waals surface area contributed by atoms with Crippen molar-refractivity contribution in [2.75, 3.05) is 0 Å². The molecule has 55 heavy (non-hydrogen) atoms. The number of aliphatic hydroxyl groups is 1. The lowest BCUT2D eigenvalue weighted by atomic mass is 9.94. The third kappa shape index (κ3) is 14.0. The molecule has 0 fully saturated rings. The molecule has 0 aliphatic carbocycles. The van der Waals surface area contributed by atoms with Crippen molar-refractivity contribution in [1.29, 1.82) is 0 Å². The highest BCUT2D eigenvalue weighted by molar-refractivity contribution is 5.92. The highest BCUT2D eigenvalue weighted by Gasteiger charge is 2.37. The van der Waals surface area contributed by atoms with E-state index in [2.05, 4.69) is 26.6 Å². The first-order valence-electron chi connectivity index (χ1n) is 18.2. The van der Waals surface area contributed by atoms with Gasteiger partial charge < -0.3 is 36.8 Å². The monoisotopic (exact) mass is 750 g/mol. The number of nitrogens with one attached hydrogen (secondary N) is 5. The van der Waals surface area contributed by atoms with Gasteiger partial charge in [0.2, 0.25) is 23.6 Å². The van der Waals surface area contributed by atoms with Crippen LogP contribution >= 0.6 is 0 Å². The van der Waals surface area contributed by atoms with Crippen LogP contribution in [-0.2, 0) is 50.0 Å². The van der Waals surface area contributed by atoms with Gasteiger partial charge in [-0.15, -0.1) is 0 Å². The average molecular weight is 751 g/mol. The molecule has 0 spiro atoms. The Hall–Kier alpha value is -6.05. The Balaban J connectivity index is 1.58. The zero-order valence-electron chi connectivity index (χ0n) is 31.0. The Morgan fingerprint density at radius 1 is 0.618 bits per heavy atom. The molecule has 8 N–H and O–H groups in total. The van der Waals surface area contributed by atoms with Crippen molar-refractivity contribution in [3.05, 3.63) is 144 Å². The second-order valence-corrected chi connectivity index (χ2v) is 13.5. The molecule has 0 aromatic heterocycles. The topological polar surface area (TPSA) is 201 Å². The van der Waals surface area contributed by atoms with Gasteiger partial charge in [-0.1, -0.05) is 135 Å². The maximum atomic E-state index is 14.2. The normalized spacial score (nSPS) is 13.7. The summed E-state index contributed by atoms with van der Waals surface area (Å²) < 4.78 is 5.27. The SMILES string of the molecule is CC(C)[C@H](NC(=O)[C@H](NCc1ccccc1)[C@H](O)[C@H](Cc1ccccc1)NC(=O)C(CC(N)=O)NC(=O)OCc1ccccc1)C(=O)NCc1ccccc1. The largest absolute Gasteiger partial charge is 0.445 e. The molecule has 13 nitrogen and oxygen atoms in total. The Bertz CT molecular complexity index is 1810. The number of alkyl carbamates (subject to hydrolysis) is 1. The summed E-state index contributed by atoms with van der Waals surface area (Å²) in [5, 5.41) is 26.1. The van der Waals surface area contributed by atoms with Crippen LogP contribution < -0.4 is 32.3 Å². The van der Waals surface area contributed by atoms with Crippen LogP contribution in [0, 0.1) is 5.92 Å². The lowest BCUT2D eigenvalue weighted by molar-refractivity contribution is -0.134. The van der Waals surface area contributed by atoms with E-state index in [1.54, 1.807) is 62.4 Å². The summed E-state index contributed by atoms with van der Waals surface area (Å²) in [7, 11) is 0. The van der Waals surface area contributed by atoms with Crippen molar-refractivity contribution in [3.8, 4) is 0 Å².